The van der Waals surface area contributed by atoms with E-state index in [1.165, 1.54) is 11.1 Å². The molecule has 0 amide bonds. The molecule has 0 aromatic heterocycles. The summed E-state index contributed by atoms with van der Waals surface area (Å²) in [6.07, 6.45) is 0.679. The van der Waals surface area contributed by atoms with Gasteiger partial charge < -0.3 is 10.8 Å². The van der Waals surface area contributed by atoms with E-state index in [0.29, 0.717) is 6.42 Å². The van der Waals surface area contributed by atoms with Crippen molar-refractivity contribution in [2.24, 2.45) is 5.73 Å². The fourth-order valence-corrected chi connectivity index (χ4v) is 1.97. The van der Waals surface area contributed by atoms with Crippen LogP contribution in [0.15, 0.2) is 54.6 Å². The molecule has 0 saturated carbocycles. The molecule has 0 spiro atoms. The molecule has 0 aliphatic carbocycles. The number of hydrogen-bond donors (Lipinski definition) is 2. The van der Waals surface area contributed by atoms with E-state index >= 15 is 0 Å². The lowest BCUT2D eigenvalue weighted by atomic mass is 9.93. The van der Waals surface area contributed by atoms with E-state index in [9.17, 15) is 0 Å². The quantitative estimate of drug-likeness (QED) is 0.864. The number of benzene rings is 2. The summed E-state index contributed by atoms with van der Waals surface area (Å²) in [6.45, 7) is 1.85. The van der Waals surface area contributed by atoms with Crippen molar-refractivity contribution in [3.63, 3.8) is 0 Å². The zero-order valence-electron chi connectivity index (χ0n) is 10.6. The average Bonchev–Trinajstić information content (AvgIpc) is 2.40. The van der Waals surface area contributed by atoms with Crippen LogP contribution in [-0.4, -0.2) is 17.3 Å². The lowest BCUT2D eigenvalue weighted by Crippen LogP contribution is -2.42. The standard InChI is InChI=1S/C16H19NO/c1-16(17,12-18)11-13-7-9-15(10-8-13)14-5-3-2-4-6-14/h2-10,18H,11-12,17H2,1H3/t16-/m0/s1. The third-order valence-electron chi connectivity index (χ3n) is 3.03. The smallest absolute Gasteiger partial charge is 0.0611 e. The average molecular weight is 241 g/mol. The SMILES string of the molecule is C[C@@](N)(CO)Cc1ccc(-c2ccccc2)cc1. The number of aliphatic hydroxyl groups excluding tert-OH is 1. The minimum Gasteiger partial charge on any atom is -0.394 e. The Labute approximate surface area is 108 Å². The molecule has 2 nitrogen and oxygen atoms in total. The van der Waals surface area contributed by atoms with E-state index in [-0.39, 0.29) is 6.61 Å². The first kappa shape index (κ1) is 12.8. The number of nitrogens with two attached hydrogens (primary N) is 1. The van der Waals surface area contributed by atoms with Crippen molar-refractivity contribution in [1.29, 1.82) is 0 Å². The van der Waals surface area contributed by atoms with Crippen LogP contribution in [0.2, 0.25) is 0 Å². The second kappa shape index (κ2) is 5.34. The Balaban J connectivity index is 2.16. The van der Waals surface area contributed by atoms with Gasteiger partial charge in [-0.3, -0.25) is 0 Å². The topological polar surface area (TPSA) is 46.2 Å². The van der Waals surface area contributed by atoms with Crippen molar-refractivity contribution in [3.05, 3.63) is 60.2 Å². The Bertz CT molecular complexity index is 488. The summed E-state index contributed by atoms with van der Waals surface area (Å²) in [6, 6.07) is 18.6. The number of aliphatic hydroxyl groups is 1. The minimum absolute atomic E-state index is 0.00651. The molecule has 2 heteroatoms. The lowest BCUT2D eigenvalue weighted by molar-refractivity contribution is 0.208. The van der Waals surface area contributed by atoms with Crippen LogP contribution in [0.1, 0.15) is 12.5 Å². The lowest BCUT2D eigenvalue weighted by Gasteiger charge is -2.21. The van der Waals surface area contributed by atoms with Crippen molar-refractivity contribution in [2.75, 3.05) is 6.61 Å². The molecule has 3 N–H and O–H groups in total. The zero-order valence-corrected chi connectivity index (χ0v) is 10.6. The van der Waals surface area contributed by atoms with Gasteiger partial charge in [0.2, 0.25) is 0 Å². The third kappa shape index (κ3) is 3.19. The van der Waals surface area contributed by atoms with Crippen LogP contribution < -0.4 is 5.73 Å². The van der Waals surface area contributed by atoms with Crippen LogP contribution >= 0.6 is 0 Å². The van der Waals surface area contributed by atoms with Gasteiger partial charge in [0, 0.05) is 5.54 Å². The zero-order chi connectivity index (χ0) is 13.0. The maximum Gasteiger partial charge on any atom is 0.0611 e. The Morgan fingerprint density at radius 2 is 1.50 bits per heavy atom. The number of hydrogen-bond acceptors (Lipinski definition) is 2. The second-order valence-electron chi connectivity index (χ2n) is 5.05. The molecule has 0 fully saturated rings. The molecular weight excluding hydrogens is 222 g/mol. The van der Waals surface area contributed by atoms with Gasteiger partial charge in [0.05, 0.1) is 6.61 Å². The molecule has 2 rings (SSSR count). The molecule has 0 unspecified atom stereocenters. The molecule has 0 heterocycles. The highest BCUT2D eigenvalue weighted by atomic mass is 16.3. The van der Waals surface area contributed by atoms with Gasteiger partial charge >= 0.3 is 0 Å². The highest BCUT2D eigenvalue weighted by molar-refractivity contribution is 5.63. The first-order chi connectivity index (χ1) is 8.61. The van der Waals surface area contributed by atoms with Crippen molar-refractivity contribution in [1.82, 2.24) is 0 Å². The fourth-order valence-electron chi connectivity index (χ4n) is 1.97. The second-order valence-corrected chi connectivity index (χ2v) is 5.05. The summed E-state index contributed by atoms with van der Waals surface area (Å²) in [4.78, 5) is 0. The molecule has 18 heavy (non-hydrogen) atoms. The highest BCUT2D eigenvalue weighted by Gasteiger charge is 2.17. The Kier molecular flexibility index (Phi) is 3.80. The van der Waals surface area contributed by atoms with Gasteiger partial charge in [-0.25, -0.2) is 0 Å². The predicted molar refractivity (Wildman–Crippen MR) is 75.3 cm³/mol. The highest BCUT2D eigenvalue weighted by Crippen LogP contribution is 2.20. The Morgan fingerprint density at radius 3 is 2.06 bits per heavy atom. The van der Waals surface area contributed by atoms with E-state index in [4.69, 9.17) is 10.8 Å². The van der Waals surface area contributed by atoms with E-state index < -0.39 is 5.54 Å². The molecule has 2 aromatic rings. The summed E-state index contributed by atoms with van der Waals surface area (Å²) in [7, 11) is 0. The van der Waals surface area contributed by atoms with Crippen molar-refractivity contribution in [2.45, 2.75) is 18.9 Å². The van der Waals surface area contributed by atoms with Crippen molar-refractivity contribution >= 4 is 0 Å². The van der Waals surface area contributed by atoms with Crippen LogP contribution in [0, 0.1) is 0 Å². The summed E-state index contributed by atoms with van der Waals surface area (Å²) in [5, 5.41) is 9.16. The van der Waals surface area contributed by atoms with Crippen LogP contribution in [0.5, 0.6) is 0 Å². The summed E-state index contributed by atoms with van der Waals surface area (Å²) < 4.78 is 0. The Hall–Kier alpha value is -1.64. The maximum atomic E-state index is 9.16. The van der Waals surface area contributed by atoms with Gasteiger partial charge in [0.15, 0.2) is 0 Å². The first-order valence-electron chi connectivity index (χ1n) is 6.15. The summed E-state index contributed by atoms with van der Waals surface area (Å²) in [5.41, 5.74) is 8.95. The molecule has 1 atom stereocenters. The van der Waals surface area contributed by atoms with Crippen LogP contribution in [0.3, 0.4) is 0 Å². The van der Waals surface area contributed by atoms with Crippen molar-refractivity contribution < 1.29 is 5.11 Å². The van der Waals surface area contributed by atoms with Gasteiger partial charge in [-0.05, 0) is 30.0 Å². The predicted octanol–water partition coefficient (Wildman–Crippen LogP) is 2.61. The van der Waals surface area contributed by atoms with E-state index in [1.807, 2.05) is 25.1 Å². The molecule has 0 radical (unpaired) electrons. The molecule has 0 aliphatic rings. The maximum absolute atomic E-state index is 9.16. The first-order valence-corrected chi connectivity index (χ1v) is 6.15. The fraction of sp³-hybridized carbons (Fsp3) is 0.250. The minimum atomic E-state index is -0.547. The number of rotatable bonds is 4. The molecule has 2 aromatic carbocycles. The summed E-state index contributed by atoms with van der Waals surface area (Å²) >= 11 is 0. The largest absolute Gasteiger partial charge is 0.394 e. The molecular formula is C16H19NO. The van der Waals surface area contributed by atoms with Crippen LogP contribution in [0.25, 0.3) is 11.1 Å². The van der Waals surface area contributed by atoms with Gasteiger partial charge in [-0.2, -0.15) is 0 Å². The van der Waals surface area contributed by atoms with Gasteiger partial charge in [-0.1, -0.05) is 54.6 Å². The van der Waals surface area contributed by atoms with E-state index in [1.54, 1.807) is 0 Å². The van der Waals surface area contributed by atoms with Gasteiger partial charge in [-0.15, -0.1) is 0 Å². The molecule has 94 valence electrons. The normalized spacial score (nSPS) is 14.2. The molecule has 0 saturated heterocycles. The third-order valence-corrected chi connectivity index (χ3v) is 3.03. The van der Waals surface area contributed by atoms with Crippen molar-refractivity contribution in [3.8, 4) is 11.1 Å². The monoisotopic (exact) mass is 241 g/mol. The van der Waals surface area contributed by atoms with E-state index in [2.05, 4.69) is 36.4 Å². The van der Waals surface area contributed by atoms with Gasteiger partial charge in [0.1, 0.15) is 0 Å². The summed E-state index contributed by atoms with van der Waals surface area (Å²) in [5.74, 6) is 0. The Morgan fingerprint density at radius 1 is 0.944 bits per heavy atom. The van der Waals surface area contributed by atoms with Crippen LogP contribution in [0.4, 0.5) is 0 Å². The van der Waals surface area contributed by atoms with Gasteiger partial charge in [0.25, 0.3) is 0 Å². The molecule has 0 bridgehead atoms. The van der Waals surface area contributed by atoms with Crippen LogP contribution in [-0.2, 0) is 6.42 Å². The molecule has 0 aliphatic heterocycles. The van der Waals surface area contributed by atoms with E-state index in [0.717, 1.165) is 5.56 Å².